The van der Waals surface area contributed by atoms with Gasteiger partial charge in [0.05, 0.1) is 16.3 Å². The molecule has 3 heterocycles. The zero-order valence-electron chi connectivity index (χ0n) is 21.6. The predicted octanol–water partition coefficient (Wildman–Crippen LogP) is 5.57. The summed E-state index contributed by atoms with van der Waals surface area (Å²) in [5, 5.41) is 6.94. The second-order valence-corrected chi connectivity index (χ2v) is 11.4. The number of piperidine rings is 1. The Morgan fingerprint density at radius 1 is 1.03 bits per heavy atom. The van der Waals surface area contributed by atoms with Crippen LogP contribution in [0.5, 0.6) is 11.6 Å². The predicted molar refractivity (Wildman–Crippen MR) is 153 cm³/mol. The number of ether oxygens (including phenoxy) is 1. The molecule has 0 spiro atoms. The maximum absolute atomic E-state index is 12.9. The van der Waals surface area contributed by atoms with Gasteiger partial charge in [0.1, 0.15) is 10.6 Å². The molecule has 39 heavy (non-hydrogen) atoms. The summed E-state index contributed by atoms with van der Waals surface area (Å²) in [7, 11) is -3.87. The summed E-state index contributed by atoms with van der Waals surface area (Å²) >= 11 is 6.11. The van der Waals surface area contributed by atoms with Gasteiger partial charge in [0.2, 0.25) is 11.8 Å². The number of sulfonamides is 1. The third-order valence-corrected chi connectivity index (χ3v) is 8.25. The van der Waals surface area contributed by atoms with Crippen molar-refractivity contribution >= 4 is 33.3 Å². The van der Waals surface area contributed by atoms with Crippen LogP contribution in [0.25, 0.3) is 11.3 Å². The molecule has 202 valence electrons. The molecule has 1 atom stereocenters. The second kappa shape index (κ2) is 11.6. The van der Waals surface area contributed by atoms with E-state index in [9.17, 15) is 8.42 Å². The lowest BCUT2D eigenvalue weighted by Crippen LogP contribution is -2.38. The minimum absolute atomic E-state index is 0.0129. The quantitative estimate of drug-likeness (QED) is 0.254. The molecule has 1 aliphatic rings. The summed E-state index contributed by atoms with van der Waals surface area (Å²) in [6.07, 6.45) is 5.54. The van der Waals surface area contributed by atoms with Gasteiger partial charge in [0, 0.05) is 30.7 Å². The van der Waals surface area contributed by atoms with Gasteiger partial charge in [0.25, 0.3) is 10.0 Å². The van der Waals surface area contributed by atoms with Crippen molar-refractivity contribution in [1.29, 1.82) is 0 Å². The van der Waals surface area contributed by atoms with Crippen LogP contribution in [0.3, 0.4) is 0 Å². The van der Waals surface area contributed by atoms with Crippen molar-refractivity contribution in [2.24, 2.45) is 0 Å². The van der Waals surface area contributed by atoms with Crippen LogP contribution in [-0.2, 0) is 10.0 Å². The van der Waals surface area contributed by atoms with Crippen LogP contribution in [0.15, 0.2) is 71.9 Å². The van der Waals surface area contributed by atoms with Crippen molar-refractivity contribution in [1.82, 2.24) is 20.3 Å². The molecule has 3 N–H and O–H groups in total. The van der Waals surface area contributed by atoms with E-state index in [0.29, 0.717) is 34.5 Å². The van der Waals surface area contributed by atoms with Crippen LogP contribution >= 0.6 is 11.6 Å². The van der Waals surface area contributed by atoms with Crippen LogP contribution in [0.4, 0.5) is 11.6 Å². The molecule has 1 saturated heterocycles. The van der Waals surface area contributed by atoms with Crippen LogP contribution in [0, 0.1) is 13.8 Å². The molecule has 0 saturated carbocycles. The van der Waals surface area contributed by atoms with Crippen molar-refractivity contribution in [3.05, 3.63) is 83.1 Å². The number of aromatic nitrogens is 3. The summed E-state index contributed by atoms with van der Waals surface area (Å²) in [5.41, 5.74) is 3.27. The fraction of sp³-hybridized carbons (Fsp3) is 0.250. The average molecular weight is 565 g/mol. The third kappa shape index (κ3) is 6.30. The zero-order chi connectivity index (χ0) is 27.4. The van der Waals surface area contributed by atoms with Crippen molar-refractivity contribution < 1.29 is 13.2 Å². The van der Waals surface area contributed by atoms with E-state index in [-0.39, 0.29) is 16.0 Å². The van der Waals surface area contributed by atoms with Gasteiger partial charge < -0.3 is 15.4 Å². The van der Waals surface area contributed by atoms with E-state index in [1.54, 1.807) is 36.7 Å². The number of hydrogen-bond acceptors (Lipinski definition) is 8. The Labute approximate surface area is 233 Å². The minimum Gasteiger partial charge on any atom is -0.438 e. The lowest BCUT2D eigenvalue weighted by atomic mass is 10.1. The first-order valence-electron chi connectivity index (χ1n) is 12.6. The van der Waals surface area contributed by atoms with Gasteiger partial charge in [-0.2, -0.15) is 0 Å². The second-order valence-electron chi connectivity index (χ2n) is 9.39. The lowest BCUT2D eigenvalue weighted by Gasteiger charge is -2.23. The molecule has 0 radical (unpaired) electrons. The first-order chi connectivity index (χ1) is 18.8. The summed E-state index contributed by atoms with van der Waals surface area (Å²) in [4.78, 5) is 13.6. The van der Waals surface area contributed by atoms with Crippen molar-refractivity contribution in [3.8, 4) is 22.9 Å². The molecule has 0 amide bonds. The highest BCUT2D eigenvalue weighted by atomic mass is 35.5. The molecule has 2 aromatic carbocycles. The highest BCUT2D eigenvalue weighted by Crippen LogP contribution is 2.36. The van der Waals surface area contributed by atoms with E-state index >= 15 is 0 Å². The molecule has 0 unspecified atom stereocenters. The topological polar surface area (TPSA) is 118 Å². The maximum atomic E-state index is 12.9. The monoisotopic (exact) mass is 564 g/mol. The Bertz CT molecular complexity index is 1570. The van der Waals surface area contributed by atoms with Crippen LogP contribution in [0.2, 0.25) is 5.02 Å². The fourth-order valence-electron chi connectivity index (χ4n) is 4.54. The Hall–Kier alpha value is -3.73. The highest BCUT2D eigenvalue weighted by Gasteiger charge is 2.20. The van der Waals surface area contributed by atoms with E-state index < -0.39 is 10.0 Å². The van der Waals surface area contributed by atoms with Gasteiger partial charge in [-0.25, -0.2) is 23.4 Å². The Morgan fingerprint density at radius 2 is 1.82 bits per heavy atom. The molecular weight excluding hydrogens is 536 g/mol. The molecular formula is C28H29ClN6O3S. The summed E-state index contributed by atoms with van der Waals surface area (Å²) in [5.74, 6) is 1.52. The smallest absolute Gasteiger partial charge is 0.263 e. The molecule has 5 rings (SSSR count). The van der Waals surface area contributed by atoms with Crippen LogP contribution < -0.4 is 20.1 Å². The number of benzene rings is 2. The van der Waals surface area contributed by atoms with E-state index in [1.165, 1.54) is 12.1 Å². The van der Waals surface area contributed by atoms with Gasteiger partial charge in [-0.05, 0) is 86.8 Å². The third-order valence-electron chi connectivity index (χ3n) is 6.37. The fourth-order valence-corrected chi connectivity index (χ4v) is 6.10. The molecule has 1 aliphatic heterocycles. The first-order valence-corrected chi connectivity index (χ1v) is 14.5. The number of rotatable bonds is 8. The van der Waals surface area contributed by atoms with Crippen molar-refractivity contribution in [3.63, 3.8) is 0 Å². The largest absolute Gasteiger partial charge is 0.438 e. The van der Waals surface area contributed by atoms with Crippen molar-refractivity contribution in [2.45, 2.75) is 37.6 Å². The van der Waals surface area contributed by atoms with Gasteiger partial charge in [-0.1, -0.05) is 23.7 Å². The summed E-state index contributed by atoms with van der Waals surface area (Å²) in [6.45, 7) is 5.60. The number of nitrogens with one attached hydrogen (secondary N) is 3. The molecule has 0 aliphatic carbocycles. The minimum atomic E-state index is -3.87. The number of halogens is 1. The molecule has 4 aromatic rings. The standard InChI is InChI=1S/C28H29ClN6O3S/c1-18-15-21(35-39(36,37)25-10-4-3-9-23(25)29)16-19(2)26(18)38-27-22(8-6-13-31-27)24-11-14-32-28(34-24)33-20-7-5-12-30-17-20/h3-4,6,8-11,13-16,20,30,35H,5,7,12,17H2,1-2H3,(H,32,33,34)/t20-/m0/s1. The van der Waals surface area contributed by atoms with Crippen LogP contribution in [-0.4, -0.2) is 42.5 Å². The average Bonchev–Trinajstić information content (AvgIpc) is 2.92. The lowest BCUT2D eigenvalue weighted by molar-refractivity contribution is 0.458. The maximum Gasteiger partial charge on any atom is 0.263 e. The number of pyridine rings is 1. The number of anilines is 2. The molecule has 2 aromatic heterocycles. The zero-order valence-corrected chi connectivity index (χ0v) is 23.2. The van der Waals surface area contributed by atoms with Gasteiger partial charge in [0.15, 0.2) is 0 Å². The molecule has 1 fully saturated rings. The number of hydrogen-bond donors (Lipinski definition) is 3. The SMILES string of the molecule is Cc1cc(NS(=O)(=O)c2ccccc2Cl)cc(C)c1Oc1ncccc1-c1ccnc(N[C@H]2CCCNC2)n1. The Balaban J connectivity index is 1.39. The van der Waals surface area contributed by atoms with E-state index in [0.717, 1.165) is 37.1 Å². The number of aryl methyl sites for hydroxylation is 2. The van der Waals surface area contributed by atoms with E-state index in [4.69, 9.17) is 21.3 Å². The van der Waals surface area contributed by atoms with Gasteiger partial charge in [-0.15, -0.1) is 0 Å². The Morgan fingerprint density at radius 3 is 2.56 bits per heavy atom. The van der Waals surface area contributed by atoms with Crippen molar-refractivity contribution in [2.75, 3.05) is 23.1 Å². The normalized spacial score (nSPS) is 15.5. The van der Waals surface area contributed by atoms with Gasteiger partial charge >= 0.3 is 0 Å². The van der Waals surface area contributed by atoms with Gasteiger partial charge in [-0.3, -0.25) is 4.72 Å². The number of nitrogens with zero attached hydrogens (tertiary/aromatic N) is 3. The molecule has 9 nitrogen and oxygen atoms in total. The highest BCUT2D eigenvalue weighted by molar-refractivity contribution is 7.92. The van der Waals surface area contributed by atoms with Crippen LogP contribution in [0.1, 0.15) is 24.0 Å². The molecule has 0 bridgehead atoms. The van der Waals surface area contributed by atoms with E-state index in [2.05, 4.69) is 25.3 Å². The first kappa shape index (κ1) is 26.9. The summed E-state index contributed by atoms with van der Waals surface area (Å²) in [6, 6.07) is 15.6. The molecule has 11 heteroatoms. The Kier molecular flexibility index (Phi) is 7.97. The summed E-state index contributed by atoms with van der Waals surface area (Å²) < 4.78 is 34.8. The van der Waals surface area contributed by atoms with E-state index in [1.807, 2.05) is 32.0 Å².